The number of nitrogen functional groups attached to an aromatic ring is 1. The molecule has 2 unspecified atom stereocenters. The number of anilines is 1. The maximum absolute atomic E-state index is 12.8. The molecule has 1 aliphatic heterocycles. The van der Waals surface area contributed by atoms with Crippen LogP contribution in [0.5, 0.6) is 11.5 Å². The second kappa shape index (κ2) is 22.2. The van der Waals surface area contributed by atoms with Crippen molar-refractivity contribution >= 4 is 26.3 Å². The van der Waals surface area contributed by atoms with E-state index in [0.717, 1.165) is 33.1 Å². The molecule has 1 fully saturated rings. The van der Waals surface area contributed by atoms with Crippen molar-refractivity contribution in [1.29, 1.82) is 0 Å². The fourth-order valence-corrected chi connectivity index (χ4v) is 6.06. The largest absolute Gasteiger partial charge is 0.692 e. The van der Waals surface area contributed by atoms with E-state index in [1.807, 2.05) is 97.1 Å². The van der Waals surface area contributed by atoms with Crippen LogP contribution in [0.25, 0.3) is 0 Å². The number of aliphatic hydroxyl groups excluding tert-OH is 1. The number of carbonyl (C=O) groups is 2. The van der Waals surface area contributed by atoms with Gasteiger partial charge in [-0.1, -0.05) is 84.9 Å². The van der Waals surface area contributed by atoms with Gasteiger partial charge in [0, 0.05) is 16.3 Å². The zero-order valence-corrected chi connectivity index (χ0v) is 32.8. The van der Waals surface area contributed by atoms with Gasteiger partial charge in [-0.15, -0.1) is 9.79 Å². The number of esters is 1. The lowest BCUT2D eigenvalue weighted by atomic mass is 9.80. The number of hydrogen-bond donors (Lipinski definition) is 4. The molecule has 0 bridgehead atoms. The normalized spacial score (nSPS) is 17.1. The van der Waals surface area contributed by atoms with Gasteiger partial charge in [0.25, 0.3) is 0 Å². The number of hydrogen-bond acceptors (Lipinski definition) is 13. The minimum Gasteiger partial charge on any atom is -0.497 e. The van der Waals surface area contributed by atoms with Crippen molar-refractivity contribution in [2.75, 3.05) is 39.8 Å². The van der Waals surface area contributed by atoms with Crippen LogP contribution in [0.15, 0.2) is 126 Å². The van der Waals surface area contributed by atoms with E-state index in [0.29, 0.717) is 11.5 Å². The summed E-state index contributed by atoms with van der Waals surface area (Å²) < 4.78 is 44.6. The van der Waals surface area contributed by atoms with Crippen LogP contribution >= 0.6 is 8.25 Å². The molecule has 1 aromatic heterocycles. The predicted molar refractivity (Wildman–Crippen MR) is 211 cm³/mol. The van der Waals surface area contributed by atoms with E-state index in [2.05, 4.69) is 4.98 Å². The van der Waals surface area contributed by atoms with E-state index in [1.165, 1.54) is 12.3 Å². The van der Waals surface area contributed by atoms with Crippen molar-refractivity contribution < 1.29 is 57.5 Å². The van der Waals surface area contributed by atoms with Gasteiger partial charge < -0.3 is 39.3 Å². The fraction of sp³-hybridized carbons (Fsp3) is 0.268. The zero-order chi connectivity index (χ0) is 42.1. The van der Waals surface area contributed by atoms with Gasteiger partial charge in [0.1, 0.15) is 54.1 Å². The summed E-state index contributed by atoms with van der Waals surface area (Å²) in [5.74, 6) is 0.734. The van der Waals surface area contributed by atoms with Crippen molar-refractivity contribution in [2.45, 2.75) is 37.1 Å². The predicted octanol–water partition coefficient (Wildman–Crippen LogP) is 4.19. The number of benzene rings is 4. The molecule has 306 valence electrons. The standard InChI is InChI=1S/C34H37N3O9.C7H6O.HO3P/c1-4-43-29(38)21-44-31-30(39)27(46-32(31)37-19-18-28(35)36-33(37)40)20-45-34(22-8-6-5-7-9-22,23-10-14-25(41-2)15-11-23)24-12-16-26(42-3)17-13-24;8-6-7-4-2-1-3-5-7;1-4(2)3/h5-19,27,30-32,39H,4,20-21H2,1-3H3,(H2,35,36,40);1-6H;(H-,1,2,3)/p+1/t27-,30?,31?,32-;;/m1../s1. The highest BCUT2D eigenvalue weighted by Crippen LogP contribution is 2.43. The van der Waals surface area contributed by atoms with E-state index in [1.54, 1.807) is 33.3 Å². The molecule has 5 N–H and O–H groups in total. The maximum Gasteiger partial charge on any atom is 0.692 e. The minimum atomic E-state index is -2.87. The Labute approximate surface area is 335 Å². The lowest BCUT2D eigenvalue weighted by Crippen LogP contribution is -2.41. The van der Waals surface area contributed by atoms with E-state index < -0.39 is 56.7 Å². The highest BCUT2D eigenvalue weighted by Gasteiger charge is 2.48. The van der Waals surface area contributed by atoms with E-state index in [-0.39, 0.29) is 19.0 Å². The zero-order valence-electron chi connectivity index (χ0n) is 31.9. The Morgan fingerprint density at radius 1 is 0.879 bits per heavy atom. The summed E-state index contributed by atoms with van der Waals surface area (Å²) in [6, 6.07) is 35.2. The molecule has 2 heterocycles. The third kappa shape index (κ3) is 11.8. The molecule has 0 radical (unpaired) electrons. The maximum atomic E-state index is 12.8. The fourth-order valence-electron chi connectivity index (χ4n) is 6.06. The number of aliphatic hydroxyl groups is 1. The summed E-state index contributed by atoms with van der Waals surface area (Å²) in [6.45, 7) is 1.21. The molecule has 0 aliphatic carbocycles. The van der Waals surface area contributed by atoms with Gasteiger partial charge in [0.15, 0.2) is 6.23 Å². The number of aromatic nitrogens is 2. The molecule has 4 atom stereocenters. The topological polar surface area (TPSA) is 228 Å². The molecular weight excluding hydrogens is 773 g/mol. The Hall–Kier alpha value is -5.84. The molecule has 6 rings (SSSR count). The molecular formula is C41H45N3O13P+. The van der Waals surface area contributed by atoms with Crippen LogP contribution < -0.4 is 20.9 Å². The van der Waals surface area contributed by atoms with Gasteiger partial charge in [-0.2, -0.15) is 4.98 Å². The van der Waals surface area contributed by atoms with Gasteiger partial charge in [-0.3, -0.25) is 9.36 Å². The van der Waals surface area contributed by atoms with Crippen molar-refractivity contribution in [2.24, 2.45) is 0 Å². The number of rotatable bonds is 14. The highest BCUT2D eigenvalue weighted by molar-refractivity contribution is 7.30. The summed E-state index contributed by atoms with van der Waals surface area (Å²) in [5.41, 5.74) is 6.90. The smallest absolute Gasteiger partial charge is 0.497 e. The lowest BCUT2D eigenvalue weighted by Gasteiger charge is -2.37. The van der Waals surface area contributed by atoms with Crippen molar-refractivity contribution in [3.05, 3.63) is 154 Å². The molecule has 1 saturated heterocycles. The number of ether oxygens (including phenoxy) is 6. The Morgan fingerprint density at radius 3 is 1.86 bits per heavy atom. The van der Waals surface area contributed by atoms with E-state index in [9.17, 15) is 19.5 Å². The van der Waals surface area contributed by atoms with Gasteiger partial charge >= 0.3 is 19.9 Å². The first-order valence-electron chi connectivity index (χ1n) is 17.8. The molecule has 5 aromatic rings. The van der Waals surface area contributed by atoms with Gasteiger partial charge in [-0.25, -0.2) is 9.59 Å². The van der Waals surface area contributed by atoms with Crippen LogP contribution in [-0.2, 0) is 33.9 Å². The van der Waals surface area contributed by atoms with Crippen LogP contribution in [0.1, 0.15) is 40.2 Å². The summed E-state index contributed by atoms with van der Waals surface area (Å²) in [6.07, 6.45) is -2.37. The van der Waals surface area contributed by atoms with Crippen LogP contribution in [0.3, 0.4) is 0 Å². The van der Waals surface area contributed by atoms with Gasteiger partial charge in [0.05, 0.1) is 27.4 Å². The first kappa shape index (κ1) is 44.9. The summed E-state index contributed by atoms with van der Waals surface area (Å²) in [5, 5.41) is 11.5. The molecule has 0 spiro atoms. The second-order valence-corrected chi connectivity index (χ2v) is 12.8. The van der Waals surface area contributed by atoms with Crippen LogP contribution in [0, 0.1) is 0 Å². The minimum absolute atomic E-state index is 0.0234. The van der Waals surface area contributed by atoms with E-state index in [4.69, 9.17) is 48.5 Å². The first-order valence-corrected chi connectivity index (χ1v) is 18.9. The Morgan fingerprint density at radius 2 is 1.40 bits per heavy atom. The average Bonchev–Trinajstić information content (AvgIpc) is 3.55. The Balaban J connectivity index is 0.000000535. The van der Waals surface area contributed by atoms with Crippen molar-refractivity contribution in [3.8, 4) is 11.5 Å². The number of nitrogens with two attached hydrogens (primary N) is 1. The highest BCUT2D eigenvalue weighted by atomic mass is 31.1. The first-order chi connectivity index (χ1) is 28.0. The molecule has 0 amide bonds. The summed E-state index contributed by atoms with van der Waals surface area (Å²) in [4.78, 5) is 53.0. The third-order valence-electron chi connectivity index (χ3n) is 8.71. The van der Waals surface area contributed by atoms with E-state index >= 15 is 0 Å². The van der Waals surface area contributed by atoms with Gasteiger partial charge in [-0.05, 0) is 53.9 Å². The quantitative estimate of drug-likeness (QED) is 0.0533. The number of nitrogens with zero attached hydrogens (tertiary/aromatic N) is 2. The number of methoxy groups -OCH3 is 2. The monoisotopic (exact) mass is 818 g/mol. The Kier molecular flexibility index (Phi) is 17.2. The van der Waals surface area contributed by atoms with Crippen LogP contribution in [-0.4, -0.2) is 89.1 Å². The Bertz CT molecular complexity index is 2050. The van der Waals surface area contributed by atoms with Crippen molar-refractivity contribution in [1.82, 2.24) is 9.55 Å². The SMILES string of the molecule is CCOC(=O)COC1C(O)[C@@H](COC(c2ccccc2)(c2ccc(OC)cc2)c2ccc(OC)cc2)O[C@H]1n1ccc(N)nc1=O.O=Cc1ccccc1.O=[P+](O)O. The summed E-state index contributed by atoms with van der Waals surface area (Å²) in [7, 11) is 0.318. The summed E-state index contributed by atoms with van der Waals surface area (Å²) >= 11 is 0. The molecule has 58 heavy (non-hydrogen) atoms. The molecule has 4 aromatic carbocycles. The van der Waals surface area contributed by atoms with Crippen LogP contribution in [0.2, 0.25) is 0 Å². The van der Waals surface area contributed by atoms with Crippen LogP contribution in [0.4, 0.5) is 5.82 Å². The second-order valence-electron chi connectivity index (χ2n) is 12.3. The number of carbonyl (C=O) groups excluding carboxylic acids is 2. The molecule has 16 nitrogen and oxygen atoms in total. The number of aldehydes is 1. The molecule has 1 aliphatic rings. The molecule has 0 saturated carbocycles. The lowest BCUT2D eigenvalue weighted by molar-refractivity contribution is -0.155. The van der Waals surface area contributed by atoms with Crippen molar-refractivity contribution in [3.63, 3.8) is 0 Å². The average molecular weight is 819 g/mol. The van der Waals surface area contributed by atoms with Gasteiger partial charge in [0.2, 0.25) is 0 Å². The molecule has 17 heteroatoms. The third-order valence-corrected chi connectivity index (χ3v) is 8.71.